The Morgan fingerprint density at radius 3 is 2.70 bits per heavy atom. The Hall–Kier alpha value is -3.15. The maximum absolute atomic E-state index is 12.5. The van der Waals surface area contributed by atoms with E-state index in [1.165, 1.54) is 0 Å². The van der Waals surface area contributed by atoms with Crippen LogP contribution in [-0.2, 0) is 17.6 Å². The second kappa shape index (κ2) is 8.49. The second-order valence-corrected chi connectivity index (χ2v) is 6.55. The van der Waals surface area contributed by atoms with E-state index in [9.17, 15) is 4.79 Å². The average Bonchev–Trinajstić information content (AvgIpc) is 3.04. The van der Waals surface area contributed by atoms with Crippen molar-refractivity contribution in [1.29, 1.82) is 0 Å². The van der Waals surface area contributed by atoms with E-state index >= 15 is 0 Å². The first-order valence-corrected chi connectivity index (χ1v) is 9.10. The molecule has 6 heteroatoms. The first kappa shape index (κ1) is 18.6. The molecule has 0 atom stereocenters. The summed E-state index contributed by atoms with van der Waals surface area (Å²) in [7, 11) is 0. The Morgan fingerprint density at radius 1 is 1.22 bits per heavy atom. The summed E-state index contributed by atoms with van der Waals surface area (Å²) in [6.07, 6.45) is 4.58. The molecule has 0 spiro atoms. The van der Waals surface area contributed by atoms with Crippen molar-refractivity contribution in [2.24, 2.45) is 0 Å². The molecule has 0 saturated heterocycles. The third-order valence-corrected chi connectivity index (χ3v) is 4.08. The van der Waals surface area contributed by atoms with Crippen LogP contribution in [0.5, 0.6) is 5.75 Å². The number of ether oxygens (including phenoxy) is 1. The number of hydrogen-bond donors (Lipinski definition) is 2. The van der Waals surface area contributed by atoms with Gasteiger partial charge in [0.2, 0.25) is 5.91 Å². The highest BCUT2D eigenvalue weighted by Gasteiger charge is 2.15. The van der Waals surface area contributed by atoms with E-state index in [2.05, 4.69) is 20.5 Å². The number of aromatic amines is 1. The third-order valence-electron chi connectivity index (χ3n) is 4.08. The lowest BCUT2D eigenvalue weighted by Gasteiger charge is -2.11. The smallest absolute Gasteiger partial charge is 0.230 e. The lowest BCUT2D eigenvalue weighted by Crippen LogP contribution is -2.16. The molecule has 2 aromatic heterocycles. The summed E-state index contributed by atoms with van der Waals surface area (Å²) in [6, 6.07) is 11.4. The highest BCUT2D eigenvalue weighted by molar-refractivity contribution is 5.93. The van der Waals surface area contributed by atoms with Crippen LogP contribution in [-0.4, -0.2) is 27.2 Å². The van der Waals surface area contributed by atoms with Gasteiger partial charge in [0.25, 0.3) is 0 Å². The SMILES string of the molecule is CCc1c(NC(=O)Cc2cccc(OC(C)C)c2)n[nH]c1-c1ccncc1. The van der Waals surface area contributed by atoms with E-state index in [1.54, 1.807) is 12.4 Å². The van der Waals surface area contributed by atoms with Gasteiger partial charge in [-0.1, -0.05) is 19.1 Å². The molecule has 0 saturated carbocycles. The number of nitrogens with one attached hydrogen (secondary N) is 2. The van der Waals surface area contributed by atoms with Crippen LogP contribution in [0.2, 0.25) is 0 Å². The van der Waals surface area contributed by atoms with Crippen LogP contribution in [0.4, 0.5) is 5.82 Å². The quantitative estimate of drug-likeness (QED) is 0.664. The summed E-state index contributed by atoms with van der Waals surface area (Å²) in [5.74, 6) is 1.23. The molecule has 3 aromatic rings. The predicted molar refractivity (Wildman–Crippen MR) is 106 cm³/mol. The Balaban J connectivity index is 1.72. The lowest BCUT2D eigenvalue weighted by molar-refractivity contribution is -0.115. The Bertz CT molecular complexity index is 904. The molecule has 0 fully saturated rings. The van der Waals surface area contributed by atoms with Gasteiger partial charge in [-0.05, 0) is 50.1 Å². The zero-order valence-corrected chi connectivity index (χ0v) is 15.8. The number of H-pyrrole nitrogens is 1. The maximum atomic E-state index is 12.5. The number of benzene rings is 1. The fourth-order valence-corrected chi connectivity index (χ4v) is 2.93. The van der Waals surface area contributed by atoms with Crippen LogP contribution in [0.3, 0.4) is 0 Å². The van der Waals surface area contributed by atoms with Gasteiger partial charge in [-0.25, -0.2) is 0 Å². The molecular formula is C21H24N4O2. The minimum absolute atomic E-state index is 0.0943. The molecule has 2 heterocycles. The number of carbonyl (C=O) groups is 1. The summed E-state index contributed by atoms with van der Waals surface area (Å²) in [5.41, 5.74) is 3.77. The van der Waals surface area contributed by atoms with Crippen molar-refractivity contribution >= 4 is 11.7 Å². The van der Waals surface area contributed by atoms with Gasteiger partial charge in [-0.2, -0.15) is 5.10 Å². The second-order valence-electron chi connectivity index (χ2n) is 6.55. The number of anilines is 1. The van der Waals surface area contributed by atoms with Gasteiger partial charge < -0.3 is 10.1 Å². The van der Waals surface area contributed by atoms with Crippen molar-refractivity contribution in [3.8, 4) is 17.0 Å². The molecule has 1 amide bonds. The van der Waals surface area contributed by atoms with E-state index in [4.69, 9.17) is 4.74 Å². The van der Waals surface area contributed by atoms with Gasteiger partial charge in [0.05, 0.1) is 18.2 Å². The first-order chi connectivity index (χ1) is 13.1. The standard InChI is InChI=1S/C21H24N4O2/c1-4-18-20(16-8-10-22-11-9-16)24-25-21(18)23-19(26)13-15-6-5-7-17(12-15)27-14(2)3/h5-12,14H,4,13H2,1-3H3,(H2,23,24,25,26). The number of hydrogen-bond acceptors (Lipinski definition) is 4. The molecule has 3 rings (SSSR count). The topological polar surface area (TPSA) is 79.9 Å². The number of aromatic nitrogens is 3. The van der Waals surface area contributed by atoms with Crippen molar-refractivity contribution in [3.63, 3.8) is 0 Å². The lowest BCUT2D eigenvalue weighted by atomic mass is 10.1. The van der Waals surface area contributed by atoms with Crippen molar-refractivity contribution < 1.29 is 9.53 Å². The molecule has 27 heavy (non-hydrogen) atoms. The summed E-state index contributed by atoms with van der Waals surface area (Å²) < 4.78 is 5.69. The molecule has 2 N–H and O–H groups in total. The van der Waals surface area contributed by atoms with Crippen LogP contribution >= 0.6 is 0 Å². The highest BCUT2D eigenvalue weighted by atomic mass is 16.5. The maximum Gasteiger partial charge on any atom is 0.230 e. The van der Waals surface area contributed by atoms with Crippen LogP contribution < -0.4 is 10.1 Å². The van der Waals surface area contributed by atoms with Gasteiger partial charge >= 0.3 is 0 Å². The van der Waals surface area contributed by atoms with Gasteiger partial charge in [0.1, 0.15) is 5.75 Å². The third kappa shape index (κ3) is 4.73. The Kier molecular flexibility index (Phi) is 5.86. The zero-order valence-electron chi connectivity index (χ0n) is 15.8. The fraction of sp³-hybridized carbons (Fsp3) is 0.286. The van der Waals surface area contributed by atoms with E-state index in [1.807, 2.05) is 57.2 Å². The molecule has 0 aliphatic heterocycles. The molecule has 0 aliphatic carbocycles. The van der Waals surface area contributed by atoms with Crippen LogP contribution in [0.1, 0.15) is 31.9 Å². The van der Waals surface area contributed by atoms with Gasteiger partial charge in [-0.15, -0.1) is 0 Å². The summed E-state index contributed by atoms with van der Waals surface area (Å²) in [4.78, 5) is 16.6. The first-order valence-electron chi connectivity index (χ1n) is 9.10. The molecule has 0 aliphatic rings. The van der Waals surface area contributed by atoms with Crippen molar-refractivity contribution in [3.05, 3.63) is 59.9 Å². The average molecular weight is 364 g/mol. The van der Waals surface area contributed by atoms with Gasteiger partial charge in [-0.3, -0.25) is 14.9 Å². The number of carbonyl (C=O) groups excluding carboxylic acids is 1. The van der Waals surface area contributed by atoms with Gasteiger partial charge in [0.15, 0.2) is 5.82 Å². The largest absolute Gasteiger partial charge is 0.491 e. The monoisotopic (exact) mass is 364 g/mol. The van der Waals surface area contributed by atoms with E-state index in [-0.39, 0.29) is 18.4 Å². The van der Waals surface area contributed by atoms with Crippen molar-refractivity contribution in [1.82, 2.24) is 15.2 Å². The molecule has 1 aromatic carbocycles. The number of rotatable bonds is 7. The molecular weight excluding hydrogens is 340 g/mol. The molecule has 6 nitrogen and oxygen atoms in total. The minimum Gasteiger partial charge on any atom is -0.491 e. The molecule has 0 radical (unpaired) electrons. The number of amides is 1. The normalized spacial score (nSPS) is 10.8. The van der Waals surface area contributed by atoms with E-state index in [0.717, 1.165) is 34.6 Å². The van der Waals surface area contributed by atoms with E-state index < -0.39 is 0 Å². The van der Waals surface area contributed by atoms with Crippen LogP contribution in [0, 0.1) is 0 Å². The summed E-state index contributed by atoms with van der Waals surface area (Å²) >= 11 is 0. The fourth-order valence-electron chi connectivity index (χ4n) is 2.93. The van der Waals surface area contributed by atoms with E-state index in [0.29, 0.717) is 5.82 Å². The molecule has 140 valence electrons. The number of nitrogens with zero attached hydrogens (tertiary/aromatic N) is 2. The molecule has 0 unspecified atom stereocenters. The molecule has 0 bridgehead atoms. The summed E-state index contributed by atoms with van der Waals surface area (Å²) in [6.45, 7) is 5.99. The van der Waals surface area contributed by atoms with Crippen LogP contribution in [0.15, 0.2) is 48.8 Å². The van der Waals surface area contributed by atoms with Crippen molar-refractivity contribution in [2.75, 3.05) is 5.32 Å². The zero-order chi connectivity index (χ0) is 19.2. The summed E-state index contributed by atoms with van der Waals surface area (Å²) in [5, 5.41) is 10.3. The Labute approximate surface area is 159 Å². The number of pyridine rings is 1. The van der Waals surface area contributed by atoms with Crippen LogP contribution in [0.25, 0.3) is 11.3 Å². The minimum atomic E-state index is -0.112. The van der Waals surface area contributed by atoms with Crippen molar-refractivity contribution in [2.45, 2.75) is 39.7 Å². The highest BCUT2D eigenvalue weighted by Crippen LogP contribution is 2.27. The Morgan fingerprint density at radius 2 is 2.00 bits per heavy atom. The predicted octanol–water partition coefficient (Wildman–Crippen LogP) is 4.00. The van der Waals surface area contributed by atoms with Gasteiger partial charge in [0, 0.05) is 23.5 Å².